The van der Waals surface area contributed by atoms with Crippen molar-refractivity contribution in [3.63, 3.8) is 0 Å². The third-order valence-electron chi connectivity index (χ3n) is 10.8. The molecule has 316 valence electrons. The number of hydrogen-bond donors (Lipinski definition) is 6. The Bertz CT molecular complexity index is 1700. The molecule has 1 fully saturated rings. The number of aliphatic hydroxyl groups excluding tert-OH is 1. The van der Waals surface area contributed by atoms with E-state index >= 15 is 0 Å². The number of carbonyl (C=O) groups excluding carboxylic acids is 4. The Morgan fingerprint density at radius 2 is 1.52 bits per heavy atom. The number of aromatic amines is 1. The fraction of sp³-hybridized carbons (Fsp3) is 0.543. The first-order valence-electron chi connectivity index (χ1n) is 21.0. The van der Waals surface area contributed by atoms with Crippen molar-refractivity contribution in [2.24, 2.45) is 17.8 Å². The van der Waals surface area contributed by atoms with Crippen molar-refractivity contribution in [3.05, 3.63) is 102 Å². The first-order valence-corrected chi connectivity index (χ1v) is 21.0. The average Bonchev–Trinajstić information content (AvgIpc) is 3.70. The van der Waals surface area contributed by atoms with E-state index in [2.05, 4.69) is 45.1 Å². The lowest BCUT2D eigenvalue weighted by atomic mass is 9.80. The fourth-order valence-electron chi connectivity index (χ4n) is 7.48. The number of rotatable bonds is 21. The van der Waals surface area contributed by atoms with E-state index < -0.39 is 47.7 Å². The molecule has 0 unspecified atom stereocenters. The van der Waals surface area contributed by atoms with Gasteiger partial charge in [0.15, 0.2) is 0 Å². The molecule has 1 aliphatic rings. The third-order valence-corrected chi connectivity index (χ3v) is 10.8. The fourth-order valence-corrected chi connectivity index (χ4v) is 7.48. The minimum absolute atomic E-state index is 0.0484. The van der Waals surface area contributed by atoms with E-state index in [1.807, 2.05) is 66.7 Å². The maximum Gasteiger partial charge on any atom is 0.408 e. The lowest BCUT2D eigenvalue weighted by Gasteiger charge is -2.33. The van der Waals surface area contributed by atoms with E-state index in [0.29, 0.717) is 37.4 Å². The van der Waals surface area contributed by atoms with Crippen molar-refractivity contribution < 1.29 is 29.0 Å². The number of nitrogens with one attached hydrogen (secondary N) is 5. The van der Waals surface area contributed by atoms with Crippen molar-refractivity contribution in [3.8, 4) is 0 Å². The molecule has 12 heteroatoms. The topological polar surface area (TPSA) is 175 Å². The third kappa shape index (κ3) is 16.9. The van der Waals surface area contributed by atoms with Gasteiger partial charge in [0, 0.05) is 31.3 Å². The zero-order valence-corrected chi connectivity index (χ0v) is 35.0. The number of alkyl carbamates (subject to hydrolysis) is 1. The molecule has 0 saturated heterocycles. The smallest absolute Gasteiger partial charge is 0.408 e. The molecule has 1 aromatic heterocycles. The summed E-state index contributed by atoms with van der Waals surface area (Å²) in [6, 6.07) is 16.7. The van der Waals surface area contributed by atoms with Crippen molar-refractivity contribution in [1.82, 2.24) is 31.2 Å². The molecule has 5 atom stereocenters. The van der Waals surface area contributed by atoms with Crippen LogP contribution in [0.25, 0.3) is 0 Å². The molecule has 12 nitrogen and oxygen atoms in total. The minimum atomic E-state index is -1.04. The van der Waals surface area contributed by atoms with Crippen molar-refractivity contribution in [2.75, 3.05) is 6.54 Å². The summed E-state index contributed by atoms with van der Waals surface area (Å²) in [7, 11) is 0. The highest BCUT2D eigenvalue weighted by Crippen LogP contribution is 2.30. The van der Waals surface area contributed by atoms with Gasteiger partial charge < -0.3 is 36.1 Å². The standard InChI is InChI=1S/C46H66N6O6/c1-32(2)36(22-15-23-42(54)48-25-24-33-16-9-6-10-17-33)28-41(53)38(26-34-18-11-7-12-19-34)50-44(56)40(29-37-30-47-31-49-37)51-43(55)39(27-35-20-13-8-14-21-35)52-45(57)58-46(3,4)5/h6,8-10,13-17,20-21,23,30-32,34,36,38-41,53H,7,11-12,18-19,22,24-29H2,1-5H3,(H,47,49)(H,48,54)(H,50,56)(H,51,55)(H,52,57)/b23-15+/t36-,38-,39-,40-,41-/m0/s1. The number of carbonyl (C=O) groups is 4. The summed E-state index contributed by atoms with van der Waals surface area (Å²) in [5, 5.41) is 23.7. The van der Waals surface area contributed by atoms with E-state index in [0.717, 1.165) is 43.2 Å². The molecular weight excluding hydrogens is 733 g/mol. The van der Waals surface area contributed by atoms with Crippen LogP contribution in [0.3, 0.4) is 0 Å². The second-order valence-electron chi connectivity index (χ2n) is 17.1. The van der Waals surface area contributed by atoms with Gasteiger partial charge in [0.05, 0.1) is 18.5 Å². The predicted molar refractivity (Wildman–Crippen MR) is 227 cm³/mol. The summed E-state index contributed by atoms with van der Waals surface area (Å²) in [4.78, 5) is 61.1. The molecule has 4 rings (SSSR count). The highest BCUT2D eigenvalue weighted by molar-refractivity contribution is 5.92. The van der Waals surface area contributed by atoms with Gasteiger partial charge in [-0.25, -0.2) is 9.78 Å². The molecule has 0 spiro atoms. The van der Waals surface area contributed by atoms with E-state index in [-0.39, 0.29) is 30.6 Å². The number of allylic oxidation sites excluding steroid dienone is 1. The number of ether oxygens (including phenoxy) is 1. The van der Waals surface area contributed by atoms with Crippen LogP contribution in [0, 0.1) is 17.8 Å². The second-order valence-corrected chi connectivity index (χ2v) is 17.1. The zero-order chi connectivity index (χ0) is 41.9. The zero-order valence-electron chi connectivity index (χ0n) is 35.0. The number of imidazole rings is 1. The maximum atomic E-state index is 14.4. The Balaban J connectivity index is 1.47. The molecule has 3 aromatic rings. The van der Waals surface area contributed by atoms with Crippen LogP contribution in [0.1, 0.15) is 103 Å². The number of nitrogens with zero attached hydrogens (tertiary/aromatic N) is 1. The summed E-state index contributed by atoms with van der Waals surface area (Å²) in [5.41, 5.74) is 1.84. The maximum absolute atomic E-state index is 14.4. The van der Waals surface area contributed by atoms with Crippen LogP contribution in [0.15, 0.2) is 85.3 Å². The number of aliphatic hydroxyl groups is 1. The number of benzene rings is 2. The molecule has 1 aliphatic carbocycles. The Morgan fingerprint density at radius 1 is 0.879 bits per heavy atom. The Hall–Kier alpha value is -4.97. The van der Waals surface area contributed by atoms with Gasteiger partial charge in [-0.3, -0.25) is 14.4 Å². The van der Waals surface area contributed by atoms with Gasteiger partial charge in [-0.15, -0.1) is 0 Å². The molecule has 6 N–H and O–H groups in total. The Labute approximate surface area is 344 Å². The number of hydrogen-bond acceptors (Lipinski definition) is 7. The van der Waals surface area contributed by atoms with Gasteiger partial charge in [0.1, 0.15) is 17.7 Å². The molecule has 4 amide bonds. The van der Waals surface area contributed by atoms with Crippen LogP contribution in [-0.2, 0) is 38.4 Å². The van der Waals surface area contributed by atoms with Crippen LogP contribution >= 0.6 is 0 Å². The van der Waals surface area contributed by atoms with Gasteiger partial charge in [-0.1, -0.05) is 113 Å². The SMILES string of the molecule is CC(C)[C@@H](C/C=C/C(=O)NCCc1ccccc1)C[C@H](O)[C@H](CC1CCCCC1)NC(=O)[C@H](Cc1cnc[nH]1)NC(=O)[C@H](Cc1ccccc1)NC(=O)OC(C)(C)C. The molecule has 0 bridgehead atoms. The normalized spacial score (nSPS) is 16.2. The van der Waals surface area contributed by atoms with Gasteiger partial charge in [0.25, 0.3) is 0 Å². The van der Waals surface area contributed by atoms with Crippen LogP contribution in [0.2, 0.25) is 0 Å². The summed E-state index contributed by atoms with van der Waals surface area (Å²) in [6.45, 7) is 9.98. The quantitative estimate of drug-likeness (QED) is 0.0681. The first kappa shape index (κ1) is 45.7. The predicted octanol–water partition coefficient (Wildman–Crippen LogP) is 6.36. The Kier molecular flexibility index (Phi) is 18.5. The van der Waals surface area contributed by atoms with Crippen LogP contribution < -0.4 is 21.3 Å². The number of amides is 4. The highest BCUT2D eigenvalue weighted by atomic mass is 16.6. The monoisotopic (exact) mass is 799 g/mol. The van der Waals surface area contributed by atoms with Crippen molar-refractivity contribution in [2.45, 2.75) is 135 Å². The second kappa shape index (κ2) is 23.4. The molecule has 1 saturated carbocycles. The van der Waals surface area contributed by atoms with Crippen molar-refractivity contribution >= 4 is 23.8 Å². The summed E-state index contributed by atoms with van der Waals surface area (Å²) in [5.74, 6) is -0.537. The lowest BCUT2D eigenvalue weighted by Crippen LogP contribution is -2.57. The molecule has 2 aromatic carbocycles. The van der Waals surface area contributed by atoms with E-state index in [4.69, 9.17) is 4.74 Å². The molecular formula is C46H66N6O6. The van der Waals surface area contributed by atoms with Crippen LogP contribution in [0.4, 0.5) is 4.79 Å². The molecule has 0 radical (unpaired) electrons. The largest absolute Gasteiger partial charge is 0.444 e. The first-order chi connectivity index (χ1) is 27.8. The summed E-state index contributed by atoms with van der Waals surface area (Å²) in [6.07, 6.45) is 13.1. The summed E-state index contributed by atoms with van der Waals surface area (Å²) >= 11 is 0. The van der Waals surface area contributed by atoms with Crippen molar-refractivity contribution in [1.29, 1.82) is 0 Å². The number of aromatic nitrogens is 2. The summed E-state index contributed by atoms with van der Waals surface area (Å²) < 4.78 is 5.49. The van der Waals surface area contributed by atoms with Gasteiger partial charge in [-0.05, 0) is 81.4 Å². The highest BCUT2D eigenvalue weighted by Gasteiger charge is 2.33. The molecule has 58 heavy (non-hydrogen) atoms. The van der Waals surface area contributed by atoms with Gasteiger partial charge in [-0.2, -0.15) is 0 Å². The van der Waals surface area contributed by atoms with E-state index in [1.54, 1.807) is 33.0 Å². The molecule has 0 aliphatic heterocycles. The van der Waals surface area contributed by atoms with E-state index in [9.17, 15) is 24.3 Å². The van der Waals surface area contributed by atoms with Gasteiger partial charge >= 0.3 is 6.09 Å². The van der Waals surface area contributed by atoms with Gasteiger partial charge in [0.2, 0.25) is 17.7 Å². The number of H-pyrrole nitrogens is 1. The van der Waals surface area contributed by atoms with Crippen LogP contribution in [0.5, 0.6) is 0 Å². The minimum Gasteiger partial charge on any atom is -0.444 e. The molecule has 1 heterocycles. The van der Waals surface area contributed by atoms with Crippen LogP contribution in [-0.4, -0.2) is 75.3 Å². The average molecular weight is 799 g/mol. The Morgan fingerprint density at radius 3 is 2.14 bits per heavy atom. The lowest BCUT2D eigenvalue weighted by molar-refractivity contribution is -0.131. The van der Waals surface area contributed by atoms with E-state index in [1.165, 1.54) is 12.7 Å².